The third-order valence-corrected chi connectivity index (χ3v) is 5.47. The molecule has 0 spiro atoms. The van der Waals surface area contributed by atoms with E-state index in [-0.39, 0.29) is 5.54 Å². The minimum atomic E-state index is 0.282. The van der Waals surface area contributed by atoms with Gasteiger partial charge in [-0.3, -0.25) is 0 Å². The number of hydrogen-bond acceptors (Lipinski definition) is 1. The molecule has 4 aliphatic carbocycles. The van der Waals surface area contributed by atoms with E-state index in [0.717, 1.165) is 11.8 Å². The zero-order valence-electron chi connectivity index (χ0n) is 12.1. The molecule has 4 saturated carbocycles. The largest absolute Gasteiger partial charge is 0.312 e. The van der Waals surface area contributed by atoms with Crippen molar-refractivity contribution in [2.24, 2.45) is 22.7 Å². The molecule has 4 aliphatic rings. The van der Waals surface area contributed by atoms with Gasteiger partial charge in [0.25, 0.3) is 0 Å². The Hall–Kier alpha value is -0.0400. The molecule has 0 aromatic heterocycles. The molecule has 1 nitrogen and oxygen atoms in total. The van der Waals surface area contributed by atoms with Crippen LogP contribution in [0.5, 0.6) is 0 Å². The van der Waals surface area contributed by atoms with Crippen molar-refractivity contribution in [1.82, 2.24) is 5.32 Å². The third kappa shape index (κ3) is 2.28. The maximum atomic E-state index is 3.80. The van der Waals surface area contributed by atoms with Crippen LogP contribution in [0.15, 0.2) is 0 Å². The van der Waals surface area contributed by atoms with Gasteiger partial charge in [-0.15, -0.1) is 0 Å². The third-order valence-electron chi connectivity index (χ3n) is 5.47. The average molecular weight is 235 g/mol. The van der Waals surface area contributed by atoms with Crippen LogP contribution in [0, 0.1) is 22.7 Å². The summed E-state index contributed by atoms with van der Waals surface area (Å²) < 4.78 is 0. The lowest BCUT2D eigenvalue weighted by molar-refractivity contribution is -0.102. The molecule has 0 amide bonds. The first kappa shape index (κ1) is 12.0. The van der Waals surface area contributed by atoms with Crippen LogP contribution in [-0.4, -0.2) is 12.1 Å². The summed E-state index contributed by atoms with van der Waals surface area (Å²) >= 11 is 0. The monoisotopic (exact) mass is 235 g/mol. The Morgan fingerprint density at radius 3 is 2.12 bits per heavy atom. The average Bonchev–Trinajstić information content (AvgIpc) is 2.09. The molecular weight excluding hydrogens is 206 g/mol. The summed E-state index contributed by atoms with van der Waals surface area (Å²) in [6.07, 6.45) is 9.13. The second-order valence-electron chi connectivity index (χ2n) is 8.88. The van der Waals surface area contributed by atoms with Crippen molar-refractivity contribution in [3.63, 3.8) is 0 Å². The molecule has 2 atom stereocenters. The van der Waals surface area contributed by atoms with E-state index in [9.17, 15) is 0 Å². The first-order valence-corrected chi connectivity index (χ1v) is 7.53. The van der Waals surface area contributed by atoms with E-state index < -0.39 is 0 Å². The Balaban J connectivity index is 1.75. The minimum absolute atomic E-state index is 0.282. The highest BCUT2D eigenvalue weighted by atomic mass is 15.0. The van der Waals surface area contributed by atoms with Crippen LogP contribution in [0.2, 0.25) is 0 Å². The molecule has 0 radical (unpaired) electrons. The lowest BCUT2D eigenvalue weighted by atomic mass is 9.44. The van der Waals surface area contributed by atoms with Gasteiger partial charge in [-0.25, -0.2) is 0 Å². The zero-order valence-corrected chi connectivity index (χ0v) is 12.1. The van der Waals surface area contributed by atoms with Gasteiger partial charge in [-0.05, 0) is 82.0 Å². The zero-order chi connectivity index (χ0) is 12.3. The van der Waals surface area contributed by atoms with Crippen molar-refractivity contribution in [2.45, 2.75) is 71.8 Å². The predicted octanol–water partition coefficient (Wildman–Crippen LogP) is 3.98. The summed E-state index contributed by atoms with van der Waals surface area (Å²) in [4.78, 5) is 0. The van der Waals surface area contributed by atoms with Gasteiger partial charge in [0.2, 0.25) is 0 Å². The summed E-state index contributed by atoms with van der Waals surface area (Å²) in [5.41, 5.74) is 1.64. The van der Waals surface area contributed by atoms with Gasteiger partial charge in [0.05, 0.1) is 0 Å². The first-order chi connectivity index (χ1) is 7.78. The summed E-state index contributed by atoms with van der Waals surface area (Å²) in [6.45, 7) is 10.7. The highest BCUT2D eigenvalue weighted by molar-refractivity contribution is 5.07. The smallest absolute Gasteiger partial charge is 0.00967 e. The van der Waals surface area contributed by atoms with Gasteiger partial charge in [-0.2, -0.15) is 0 Å². The van der Waals surface area contributed by atoms with Crippen molar-refractivity contribution in [3.05, 3.63) is 0 Å². The Kier molecular flexibility index (Phi) is 2.47. The van der Waals surface area contributed by atoms with Gasteiger partial charge >= 0.3 is 0 Å². The Labute approximate surface area is 107 Å². The van der Waals surface area contributed by atoms with Crippen LogP contribution < -0.4 is 5.32 Å². The normalized spacial score (nSPS) is 48.7. The Bertz CT molecular complexity index is 298. The molecule has 98 valence electrons. The Morgan fingerprint density at radius 2 is 1.65 bits per heavy atom. The summed E-state index contributed by atoms with van der Waals surface area (Å²) in [7, 11) is 0. The molecule has 4 bridgehead atoms. The van der Waals surface area contributed by atoms with E-state index in [4.69, 9.17) is 0 Å². The van der Waals surface area contributed by atoms with Crippen molar-refractivity contribution in [1.29, 1.82) is 0 Å². The summed E-state index contributed by atoms with van der Waals surface area (Å²) in [5.74, 6) is 2.12. The van der Waals surface area contributed by atoms with Crippen molar-refractivity contribution < 1.29 is 0 Å². The van der Waals surface area contributed by atoms with Gasteiger partial charge < -0.3 is 5.32 Å². The van der Waals surface area contributed by atoms with E-state index in [1.54, 1.807) is 6.42 Å². The van der Waals surface area contributed by atoms with Crippen LogP contribution in [0.1, 0.15) is 66.2 Å². The van der Waals surface area contributed by atoms with E-state index in [1.807, 2.05) is 0 Å². The number of nitrogens with one attached hydrogen (secondary N) is 1. The maximum absolute atomic E-state index is 3.80. The molecule has 4 rings (SSSR count). The van der Waals surface area contributed by atoms with Crippen molar-refractivity contribution >= 4 is 0 Å². The van der Waals surface area contributed by atoms with Crippen LogP contribution in [0.4, 0.5) is 0 Å². The quantitative estimate of drug-likeness (QED) is 0.763. The van der Waals surface area contributed by atoms with Crippen molar-refractivity contribution in [3.8, 4) is 0 Å². The first-order valence-electron chi connectivity index (χ1n) is 7.53. The van der Waals surface area contributed by atoms with Gasteiger partial charge in [0.15, 0.2) is 0 Å². The molecule has 1 heteroatoms. The fourth-order valence-corrected chi connectivity index (χ4v) is 5.59. The molecular formula is C16H29N. The fraction of sp³-hybridized carbons (Fsp3) is 1.00. The molecule has 0 heterocycles. The van der Waals surface area contributed by atoms with E-state index in [2.05, 4.69) is 33.0 Å². The van der Waals surface area contributed by atoms with Gasteiger partial charge in [0, 0.05) is 12.1 Å². The second kappa shape index (κ2) is 3.50. The molecule has 0 aromatic rings. The molecule has 4 fully saturated rings. The lowest BCUT2D eigenvalue weighted by Crippen LogP contribution is -2.56. The standard InChI is InChI=1S/C16H29N/c1-14(2,3)17-11-16-8-12-5-13(9-16)7-15(4,6-12)10-16/h12-13,17H,5-11H2,1-4H3. The van der Waals surface area contributed by atoms with E-state index in [1.165, 1.54) is 38.6 Å². The Morgan fingerprint density at radius 1 is 1.06 bits per heavy atom. The van der Waals surface area contributed by atoms with Crippen LogP contribution in [0.25, 0.3) is 0 Å². The second-order valence-corrected chi connectivity index (χ2v) is 8.88. The van der Waals surface area contributed by atoms with Crippen LogP contribution >= 0.6 is 0 Å². The molecule has 0 saturated heterocycles. The highest BCUT2D eigenvalue weighted by Gasteiger charge is 2.55. The summed E-state index contributed by atoms with van der Waals surface area (Å²) in [6, 6.07) is 0. The maximum Gasteiger partial charge on any atom is 0.00967 e. The molecule has 0 aromatic carbocycles. The predicted molar refractivity (Wildman–Crippen MR) is 73.0 cm³/mol. The number of hydrogen-bond donors (Lipinski definition) is 1. The van der Waals surface area contributed by atoms with Crippen molar-refractivity contribution in [2.75, 3.05) is 6.54 Å². The SMILES string of the molecule is CC12CC3CC(C1)CC(CNC(C)(C)C)(C3)C2. The van der Waals surface area contributed by atoms with E-state index >= 15 is 0 Å². The lowest BCUT2D eigenvalue weighted by Gasteiger charge is -2.62. The van der Waals surface area contributed by atoms with Gasteiger partial charge in [0.1, 0.15) is 0 Å². The fourth-order valence-electron chi connectivity index (χ4n) is 5.59. The minimum Gasteiger partial charge on any atom is -0.312 e. The van der Waals surface area contributed by atoms with E-state index in [0.29, 0.717) is 10.8 Å². The van der Waals surface area contributed by atoms with Gasteiger partial charge in [-0.1, -0.05) is 6.92 Å². The molecule has 1 N–H and O–H groups in total. The highest BCUT2D eigenvalue weighted by Crippen LogP contribution is 2.64. The molecule has 2 unspecified atom stereocenters. The summed E-state index contributed by atoms with van der Waals surface area (Å²) in [5, 5.41) is 3.80. The van der Waals surface area contributed by atoms with Crippen LogP contribution in [0.3, 0.4) is 0 Å². The topological polar surface area (TPSA) is 12.0 Å². The van der Waals surface area contributed by atoms with Crippen LogP contribution in [-0.2, 0) is 0 Å². The number of rotatable bonds is 2. The molecule has 17 heavy (non-hydrogen) atoms. The molecule has 0 aliphatic heterocycles.